The van der Waals surface area contributed by atoms with Crippen LogP contribution in [0.2, 0.25) is 0 Å². The number of carbonyl (C=O) groups excluding carboxylic acids is 1. The third kappa shape index (κ3) is 4.03. The quantitative estimate of drug-likeness (QED) is 0.694. The second kappa shape index (κ2) is 6.28. The molecule has 0 aliphatic rings. The first-order valence-electron chi connectivity index (χ1n) is 5.51. The fourth-order valence-corrected chi connectivity index (χ4v) is 1.27. The number of benzene rings is 1. The van der Waals surface area contributed by atoms with Crippen molar-refractivity contribution in [3.8, 4) is 5.75 Å². The molecular formula is C13H18O3. The van der Waals surface area contributed by atoms with E-state index in [0.29, 0.717) is 12.2 Å². The van der Waals surface area contributed by atoms with Crippen molar-refractivity contribution < 1.29 is 14.3 Å². The van der Waals surface area contributed by atoms with Gasteiger partial charge in [0.05, 0.1) is 6.10 Å². The van der Waals surface area contributed by atoms with Gasteiger partial charge in [-0.05, 0) is 45.0 Å². The van der Waals surface area contributed by atoms with Gasteiger partial charge in [0.15, 0.2) is 5.78 Å². The summed E-state index contributed by atoms with van der Waals surface area (Å²) in [4.78, 5) is 11.6. The van der Waals surface area contributed by atoms with E-state index in [-0.39, 0.29) is 18.5 Å². The van der Waals surface area contributed by atoms with Crippen LogP contribution in [0.4, 0.5) is 0 Å². The summed E-state index contributed by atoms with van der Waals surface area (Å²) < 4.78 is 10.6. The molecule has 88 valence electrons. The molecule has 0 saturated carbocycles. The molecule has 1 aromatic carbocycles. The molecule has 0 aliphatic carbocycles. The summed E-state index contributed by atoms with van der Waals surface area (Å²) in [6.07, 6.45) is 0.143. The highest BCUT2D eigenvalue weighted by Crippen LogP contribution is 2.14. The molecular weight excluding hydrogens is 204 g/mol. The SMILES string of the molecule is CCOCC(=O)c1ccc(OC(C)C)cc1. The Morgan fingerprint density at radius 2 is 1.88 bits per heavy atom. The van der Waals surface area contributed by atoms with Crippen LogP contribution in [-0.2, 0) is 4.74 Å². The first kappa shape index (κ1) is 12.7. The minimum absolute atomic E-state index is 0.00190. The van der Waals surface area contributed by atoms with E-state index in [1.54, 1.807) is 24.3 Å². The Morgan fingerprint density at radius 1 is 1.25 bits per heavy atom. The molecule has 3 heteroatoms. The van der Waals surface area contributed by atoms with Crippen molar-refractivity contribution in [1.29, 1.82) is 0 Å². The van der Waals surface area contributed by atoms with Crippen LogP contribution in [0.3, 0.4) is 0 Å². The number of rotatable bonds is 6. The van der Waals surface area contributed by atoms with Crippen molar-refractivity contribution in [2.45, 2.75) is 26.9 Å². The molecule has 0 fully saturated rings. The lowest BCUT2D eigenvalue weighted by atomic mass is 10.1. The standard InChI is InChI=1S/C13H18O3/c1-4-15-9-13(14)11-5-7-12(8-6-11)16-10(2)3/h5-8,10H,4,9H2,1-3H3. The first-order chi connectivity index (χ1) is 7.63. The van der Waals surface area contributed by atoms with E-state index in [1.165, 1.54) is 0 Å². The molecule has 0 saturated heterocycles. The second-order valence-corrected chi connectivity index (χ2v) is 3.75. The van der Waals surface area contributed by atoms with E-state index >= 15 is 0 Å². The van der Waals surface area contributed by atoms with Crippen LogP contribution < -0.4 is 4.74 Å². The van der Waals surface area contributed by atoms with Gasteiger partial charge in [-0.25, -0.2) is 0 Å². The van der Waals surface area contributed by atoms with Crippen LogP contribution in [-0.4, -0.2) is 25.1 Å². The maximum absolute atomic E-state index is 11.6. The number of carbonyl (C=O) groups is 1. The number of ether oxygens (including phenoxy) is 2. The summed E-state index contributed by atoms with van der Waals surface area (Å²) in [5.74, 6) is 0.779. The maximum atomic E-state index is 11.6. The summed E-state index contributed by atoms with van der Waals surface area (Å²) in [6, 6.07) is 7.14. The van der Waals surface area contributed by atoms with E-state index in [4.69, 9.17) is 9.47 Å². The Morgan fingerprint density at radius 3 is 2.38 bits per heavy atom. The third-order valence-electron chi connectivity index (χ3n) is 1.99. The molecule has 1 aromatic rings. The minimum atomic E-state index is -0.00190. The fourth-order valence-electron chi connectivity index (χ4n) is 1.27. The van der Waals surface area contributed by atoms with Crippen molar-refractivity contribution in [3.05, 3.63) is 29.8 Å². The Balaban J connectivity index is 2.60. The molecule has 16 heavy (non-hydrogen) atoms. The van der Waals surface area contributed by atoms with Gasteiger partial charge in [-0.2, -0.15) is 0 Å². The monoisotopic (exact) mass is 222 g/mol. The molecule has 0 radical (unpaired) electrons. The molecule has 0 N–H and O–H groups in total. The molecule has 0 amide bonds. The zero-order valence-electron chi connectivity index (χ0n) is 10.0. The van der Waals surface area contributed by atoms with Gasteiger partial charge in [-0.3, -0.25) is 4.79 Å². The van der Waals surface area contributed by atoms with Crippen molar-refractivity contribution in [1.82, 2.24) is 0 Å². The van der Waals surface area contributed by atoms with Gasteiger partial charge in [0, 0.05) is 12.2 Å². The van der Waals surface area contributed by atoms with Gasteiger partial charge in [0.2, 0.25) is 0 Å². The van der Waals surface area contributed by atoms with Gasteiger partial charge < -0.3 is 9.47 Å². The van der Waals surface area contributed by atoms with E-state index < -0.39 is 0 Å². The van der Waals surface area contributed by atoms with E-state index in [2.05, 4.69) is 0 Å². The average Bonchev–Trinajstić information content (AvgIpc) is 2.26. The zero-order chi connectivity index (χ0) is 12.0. The third-order valence-corrected chi connectivity index (χ3v) is 1.99. The lowest BCUT2D eigenvalue weighted by Gasteiger charge is -2.09. The topological polar surface area (TPSA) is 35.5 Å². The summed E-state index contributed by atoms with van der Waals surface area (Å²) in [5, 5.41) is 0. The largest absolute Gasteiger partial charge is 0.491 e. The highest BCUT2D eigenvalue weighted by Gasteiger charge is 2.05. The molecule has 0 unspecified atom stereocenters. The van der Waals surface area contributed by atoms with Gasteiger partial charge >= 0.3 is 0 Å². The lowest BCUT2D eigenvalue weighted by molar-refractivity contribution is 0.0783. The van der Waals surface area contributed by atoms with Crippen molar-refractivity contribution in [2.24, 2.45) is 0 Å². The molecule has 3 nitrogen and oxygen atoms in total. The summed E-state index contributed by atoms with van der Waals surface area (Å²) >= 11 is 0. The average molecular weight is 222 g/mol. The van der Waals surface area contributed by atoms with Crippen molar-refractivity contribution in [2.75, 3.05) is 13.2 Å². The molecule has 0 atom stereocenters. The Kier molecular flexibility index (Phi) is 4.99. The van der Waals surface area contributed by atoms with Crippen LogP contribution in [0.15, 0.2) is 24.3 Å². The molecule has 1 rings (SSSR count). The highest BCUT2D eigenvalue weighted by molar-refractivity contribution is 5.97. The van der Waals surface area contributed by atoms with E-state index in [0.717, 1.165) is 5.75 Å². The van der Waals surface area contributed by atoms with Crippen LogP contribution in [0.25, 0.3) is 0 Å². The smallest absolute Gasteiger partial charge is 0.188 e. The van der Waals surface area contributed by atoms with Crippen LogP contribution >= 0.6 is 0 Å². The van der Waals surface area contributed by atoms with E-state index in [9.17, 15) is 4.79 Å². The van der Waals surface area contributed by atoms with Gasteiger partial charge in [-0.15, -0.1) is 0 Å². The summed E-state index contributed by atoms with van der Waals surface area (Å²) in [6.45, 7) is 6.50. The number of hydrogen-bond acceptors (Lipinski definition) is 3. The molecule has 0 aliphatic heterocycles. The summed E-state index contributed by atoms with van der Waals surface area (Å²) in [5.41, 5.74) is 0.657. The fraction of sp³-hybridized carbons (Fsp3) is 0.462. The predicted molar refractivity (Wildman–Crippen MR) is 63.0 cm³/mol. The Labute approximate surface area is 96.4 Å². The Hall–Kier alpha value is -1.35. The summed E-state index contributed by atoms with van der Waals surface area (Å²) in [7, 11) is 0. The predicted octanol–water partition coefficient (Wildman–Crippen LogP) is 2.69. The van der Waals surface area contributed by atoms with Crippen LogP contribution in [0, 0.1) is 0 Å². The lowest BCUT2D eigenvalue weighted by Crippen LogP contribution is -2.09. The number of hydrogen-bond donors (Lipinski definition) is 0. The Bertz CT molecular complexity index is 328. The van der Waals surface area contributed by atoms with E-state index in [1.807, 2.05) is 20.8 Å². The first-order valence-corrected chi connectivity index (χ1v) is 5.51. The zero-order valence-corrected chi connectivity index (χ0v) is 10.0. The van der Waals surface area contributed by atoms with Gasteiger partial charge in [0.1, 0.15) is 12.4 Å². The van der Waals surface area contributed by atoms with Crippen molar-refractivity contribution in [3.63, 3.8) is 0 Å². The van der Waals surface area contributed by atoms with Gasteiger partial charge in [0.25, 0.3) is 0 Å². The molecule has 0 heterocycles. The maximum Gasteiger partial charge on any atom is 0.188 e. The normalized spacial score (nSPS) is 10.5. The molecule has 0 bridgehead atoms. The van der Waals surface area contributed by atoms with Crippen molar-refractivity contribution >= 4 is 5.78 Å². The second-order valence-electron chi connectivity index (χ2n) is 3.75. The highest BCUT2D eigenvalue weighted by atomic mass is 16.5. The molecule has 0 spiro atoms. The molecule has 0 aromatic heterocycles. The minimum Gasteiger partial charge on any atom is -0.491 e. The number of Topliss-reactive ketones (excluding diaryl/α,β-unsaturated/α-hetero) is 1. The van der Waals surface area contributed by atoms with Crippen LogP contribution in [0.5, 0.6) is 5.75 Å². The van der Waals surface area contributed by atoms with Crippen LogP contribution in [0.1, 0.15) is 31.1 Å². The number of ketones is 1. The van der Waals surface area contributed by atoms with Gasteiger partial charge in [-0.1, -0.05) is 0 Å².